The van der Waals surface area contributed by atoms with Gasteiger partial charge in [-0.3, -0.25) is 9.69 Å². The minimum atomic E-state index is -0.0236. The van der Waals surface area contributed by atoms with Crippen molar-refractivity contribution in [3.63, 3.8) is 0 Å². The lowest BCUT2D eigenvalue weighted by molar-refractivity contribution is -0.127. The number of nitrogens with zero attached hydrogens (tertiary/aromatic N) is 1. The first-order valence-corrected chi connectivity index (χ1v) is 5.79. The summed E-state index contributed by atoms with van der Waals surface area (Å²) in [6.07, 6.45) is 0. The van der Waals surface area contributed by atoms with Gasteiger partial charge < -0.3 is 10.6 Å². The highest BCUT2D eigenvalue weighted by molar-refractivity contribution is 5.81. The van der Waals surface area contributed by atoms with Crippen molar-refractivity contribution >= 4 is 5.91 Å². The molecule has 0 aromatic heterocycles. The molecule has 2 N–H and O–H groups in total. The Morgan fingerprint density at radius 2 is 2.13 bits per heavy atom. The lowest BCUT2D eigenvalue weighted by Crippen LogP contribution is -2.57. The Bertz CT molecular complexity index is 218. The van der Waals surface area contributed by atoms with Crippen LogP contribution in [0.15, 0.2) is 0 Å². The van der Waals surface area contributed by atoms with Crippen molar-refractivity contribution in [1.82, 2.24) is 15.5 Å². The molecule has 0 saturated carbocycles. The molecule has 15 heavy (non-hydrogen) atoms. The van der Waals surface area contributed by atoms with Crippen LogP contribution in [-0.4, -0.2) is 48.6 Å². The molecule has 0 spiro atoms. The van der Waals surface area contributed by atoms with Gasteiger partial charge in [0, 0.05) is 31.7 Å². The smallest absolute Gasteiger partial charge is 0.237 e. The van der Waals surface area contributed by atoms with E-state index < -0.39 is 0 Å². The van der Waals surface area contributed by atoms with Gasteiger partial charge in [-0.05, 0) is 27.7 Å². The summed E-state index contributed by atoms with van der Waals surface area (Å²) in [6.45, 7) is 11.0. The van der Waals surface area contributed by atoms with Crippen molar-refractivity contribution in [3.05, 3.63) is 0 Å². The van der Waals surface area contributed by atoms with Crippen molar-refractivity contribution in [2.24, 2.45) is 0 Å². The maximum Gasteiger partial charge on any atom is 0.237 e. The maximum absolute atomic E-state index is 11.8. The summed E-state index contributed by atoms with van der Waals surface area (Å²) in [5, 5.41) is 6.29. The summed E-state index contributed by atoms with van der Waals surface area (Å²) in [7, 11) is 0. The zero-order valence-electron chi connectivity index (χ0n) is 10.2. The van der Waals surface area contributed by atoms with Gasteiger partial charge in [-0.15, -0.1) is 0 Å². The summed E-state index contributed by atoms with van der Waals surface area (Å²) in [6, 6.07) is 0.634. The van der Waals surface area contributed by atoms with Gasteiger partial charge in [0.1, 0.15) is 0 Å². The number of hydrogen-bond donors (Lipinski definition) is 2. The molecular formula is C11H23N3O. The van der Waals surface area contributed by atoms with Gasteiger partial charge in [-0.2, -0.15) is 0 Å². The van der Waals surface area contributed by atoms with Gasteiger partial charge in [0.2, 0.25) is 5.91 Å². The highest BCUT2D eigenvalue weighted by atomic mass is 16.2. The molecule has 1 amide bonds. The molecule has 1 heterocycles. The van der Waals surface area contributed by atoms with Crippen molar-refractivity contribution in [3.8, 4) is 0 Å². The first kappa shape index (κ1) is 12.5. The van der Waals surface area contributed by atoms with E-state index in [1.165, 1.54) is 0 Å². The van der Waals surface area contributed by atoms with Crippen LogP contribution in [0.25, 0.3) is 0 Å². The van der Waals surface area contributed by atoms with Crippen LogP contribution in [0.4, 0.5) is 0 Å². The van der Waals surface area contributed by atoms with Gasteiger partial charge in [-0.25, -0.2) is 0 Å². The van der Waals surface area contributed by atoms with E-state index in [4.69, 9.17) is 0 Å². The molecule has 4 heteroatoms. The molecule has 1 saturated heterocycles. The van der Waals surface area contributed by atoms with E-state index in [0.29, 0.717) is 6.04 Å². The Morgan fingerprint density at radius 1 is 1.47 bits per heavy atom. The number of carbonyl (C=O) groups is 1. The first-order valence-electron chi connectivity index (χ1n) is 5.79. The van der Waals surface area contributed by atoms with Crippen molar-refractivity contribution in [2.75, 3.05) is 19.6 Å². The molecule has 0 radical (unpaired) electrons. The Kier molecular flexibility index (Phi) is 4.54. The summed E-state index contributed by atoms with van der Waals surface area (Å²) in [4.78, 5) is 14.1. The number of nitrogens with one attached hydrogen (secondary N) is 2. The van der Waals surface area contributed by atoms with E-state index in [-0.39, 0.29) is 18.0 Å². The van der Waals surface area contributed by atoms with Gasteiger partial charge in [0.15, 0.2) is 0 Å². The van der Waals surface area contributed by atoms with E-state index in [0.717, 1.165) is 19.6 Å². The second kappa shape index (κ2) is 5.47. The fourth-order valence-corrected chi connectivity index (χ4v) is 1.99. The maximum atomic E-state index is 11.8. The van der Waals surface area contributed by atoms with Crippen LogP contribution in [0.1, 0.15) is 27.7 Å². The Morgan fingerprint density at radius 3 is 2.67 bits per heavy atom. The number of piperazine rings is 1. The quantitative estimate of drug-likeness (QED) is 0.703. The number of hydrogen-bond acceptors (Lipinski definition) is 3. The van der Waals surface area contributed by atoms with E-state index in [2.05, 4.69) is 22.5 Å². The molecule has 0 aromatic carbocycles. The Labute approximate surface area is 92.4 Å². The van der Waals surface area contributed by atoms with Crippen molar-refractivity contribution in [2.45, 2.75) is 45.8 Å². The highest BCUT2D eigenvalue weighted by Gasteiger charge is 2.27. The molecule has 0 bridgehead atoms. The van der Waals surface area contributed by atoms with Crippen LogP contribution in [0.5, 0.6) is 0 Å². The molecule has 88 valence electrons. The van der Waals surface area contributed by atoms with Crippen LogP contribution in [0.2, 0.25) is 0 Å². The lowest BCUT2D eigenvalue weighted by Gasteiger charge is -2.37. The average molecular weight is 213 g/mol. The van der Waals surface area contributed by atoms with E-state index in [9.17, 15) is 4.79 Å². The van der Waals surface area contributed by atoms with E-state index in [1.807, 2.05) is 20.8 Å². The van der Waals surface area contributed by atoms with Crippen LogP contribution in [-0.2, 0) is 4.79 Å². The normalized spacial score (nSPS) is 25.3. The molecule has 1 aliphatic heterocycles. The van der Waals surface area contributed by atoms with E-state index >= 15 is 0 Å². The Balaban J connectivity index is 2.50. The summed E-state index contributed by atoms with van der Waals surface area (Å²) < 4.78 is 0. The predicted octanol–water partition coefficient (Wildman–Crippen LogP) is 0.193. The third-order valence-electron chi connectivity index (χ3n) is 2.86. The van der Waals surface area contributed by atoms with Gasteiger partial charge >= 0.3 is 0 Å². The second-order valence-corrected chi connectivity index (χ2v) is 4.63. The minimum absolute atomic E-state index is 0.0236. The third-order valence-corrected chi connectivity index (χ3v) is 2.86. The van der Waals surface area contributed by atoms with E-state index in [1.54, 1.807) is 0 Å². The molecule has 1 fully saturated rings. The molecule has 1 unspecified atom stereocenters. The van der Waals surface area contributed by atoms with Crippen molar-refractivity contribution in [1.29, 1.82) is 0 Å². The minimum Gasteiger partial charge on any atom is -0.353 e. The van der Waals surface area contributed by atoms with Crippen LogP contribution in [0.3, 0.4) is 0 Å². The van der Waals surface area contributed by atoms with Crippen LogP contribution >= 0.6 is 0 Å². The average Bonchev–Trinajstić information content (AvgIpc) is 2.16. The van der Waals surface area contributed by atoms with Gasteiger partial charge in [0.25, 0.3) is 0 Å². The predicted molar refractivity (Wildman–Crippen MR) is 61.8 cm³/mol. The topological polar surface area (TPSA) is 44.4 Å². The van der Waals surface area contributed by atoms with Crippen LogP contribution < -0.4 is 10.6 Å². The molecule has 2 atom stereocenters. The molecular weight excluding hydrogens is 190 g/mol. The molecule has 1 aliphatic rings. The fraction of sp³-hybridized carbons (Fsp3) is 0.909. The standard InChI is InChI=1S/C11H23N3O/c1-8(2)13-11(15)10(4)14-6-5-12-7-9(14)3/h8-10,12H,5-7H2,1-4H3,(H,13,15)/t9-,10?/m0/s1. The largest absolute Gasteiger partial charge is 0.353 e. The zero-order chi connectivity index (χ0) is 11.4. The highest BCUT2D eigenvalue weighted by Crippen LogP contribution is 2.08. The number of rotatable bonds is 3. The number of amides is 1. The summed E-state index contributed by atoms with van der Waals surface area (Å²) in [5.41, 5.74) is 0. The lowest BCUT2D eigenvalue weighted by atomic mass is 10.1. The van der Waals surface area contributed by atoms with Gasteiger partial charge in [0.05, 0.1) is 6.04 Å². The zero-order valence-corrected chi connectivity index (χ0v) is 10.2. The third kappa shape index (κ3) is 3.47. The first-order chi connectivity index (χ1) is 7.02. The molecule has 0 aromatic rings. The molecule has 4 nitrogen and oxygen atoms in total. The van der Waals surface area contributed by atoms with Crippen molar-refractivity contribution < 1.29 is 4.79 Å². The second-order valence-electron chi connectivity index (χ2n) is 4.63. The van der Waals surface area contributed by atoms with Crippen LogP contribution in [0, 0.1) is 0 Å². The van der Waals surface area contributed by atoms with Gasteiger partial charge in [-0.1, -0.05) is 0 Å². The molecule has 0 aliphatic carbocycles. The Hall–Kier alpha value is -0.610. The molecule has 1 rings (SSSR count). The SMILES string of the molecule is CC(C)NC(=O)C(C)N1CCNC[C@@H]1C. The summed E-state index contributed by atoms with van der Waals surface area (Å²) in [5.74, 6) is 0.138. The number of carbonyl (C=O) groups excluding carboxylic acids is 1. The summed E-state index contributed by atoms with van der Waals surface area (Å²) >= 11 is 0. The monoisotopic (exact) mass is 213 g/mol. The fourth-order valence-electron chi connectivity index (χ4n) is 1.99.